The van der Waals surface area contributed by atoms with Crippen molar-refractivity contribution in [3.05, 3.63) is 0 Å². The molecule has 4 heteroatoms. The van der Waals surface area contributed by atoms with Gasteiger partial charge in [-0.2, -0.15) is 0 Å². The van der Waals surface area contributed by atoms with Gasteiger partial charge in [-0.05, 0) is 45.4 Å². The first-order chi connectivity index (χ1) is 10.3. The molecule has 2 aliphatic rings. The van der Waals surface area contributed by atoms with E-state index in [1.807, 2.05) is 25.7 Å². The summed E-state index contributed by atoms with van der Waals surface area (Å²) in [6.45, 7) is 12.4. The average molecular weight is 311 g/mol. The van der Waals surface area contributed by atoms with E-state index in [1.165, 1.54) is 25.7 Å². The SMILES string of the molecule is CCCOC1(C2CCCCC2C)CN(C(=O)OC(C)(C)C)C1. The molecule has 1 saturated heterocycles. The lowest BCUT2D eigenvalue weighted by molar-refractivity contribution is -0.185. The highest BCUT2D eigenvalue weighted by Gasteiger charge is 2.54. The van der Waals surface area contributed by atoms with Gasteiger partial charge in [0, 0.05) is 6.61 Å². The summed E-state index contributed by atoms with van der Waals surface area (Å²) >= 11 is 0. The third-order valence-electron chi connectivity index (χ3n) is 4.95. The highest BCUT2D eigenvalue weighted by molar-refractivity contribution is 5.69. The van der Waals surface area contributed by atoms with Crippen molar-refractivity contribution in [3.8, 4) is 0 Å². The van der Waals surface area contributed by atoms with Crippen LogP contribution in [-0.4, -0.2) is 41.9 Å². The molecule has 1 heterocycles. The molecule has 0 bridgehead atoms. The van der Waals surface area contributed by atoms with Gasteiger partial charge in [-0.25, -0.2) is 4.79 Å². The topological polar surface area (TPSA) is 38.8 Å². The van der Waals surface area contributed by atoms with Crippen LogP contribution in [0.15, 0.2) is 0 Å². The predicted octanol–water partition coefficient (Wildman–Crippen LogP) is 4.23. The Balaban J connectivity index is 2.00. The van der Waals surface area contributed by atoms with Crippen molar-refractivity contribution in [3.63, 3.8) is 0 Å². The Labute approximate surface area is 135 Å². The molecule has 1 aliphatic heterocycles. The van der Waals surface area contributed by atoms with Crippen LogP contribution in [0.2, 0.25) is 0 Å². The predicted molar refractivity (Wildman–Crippen MR) is 87.9 cm³/mol. The van der Waals surface area contributed by atoms with Crippen LogP contribution >= 0.6 is 0 Å². The Morgan fingerprint density at radius 2 is 1.86 bits per heavy atom. The summed E-state index contributed by atoms with van der Waals surface area (Å²) in [6, 6.07) is 0. The average Bonchev–Trinajstić information content (AvgIpc) is 2.37. The molecule has 0 N–H and O–H groups in total. The van der Waals surface area contributed by atoms with E-state index in [1.54, 1.807) is 0 Å². The van der Waals surface area contributed by atoms with Crippen LogP contribution in [0.3, 0.4) is 0 Å². The molecule has 4 nitrogen and oxygen atoms in total. The first-order valence-corrected chi connectivity index (χ1v) is 8.89. The normalized spacial score (nSPS) is 28.1. The zero-order valence-corrected chi connectivity index (χ0v) is 15.0. The van der Waals surface area contributed by atoms with Crippen molar-refractivity contribution in [2.24, 2.45) is 11.8 Å². The quantitative estimate of drug-likeness (QED) is 0.780. The van der Waals surface area contributed by atoms with Gasteiger partial charge in [0.25, 0.3) is 0 Å². The van der Waals surface area contributed by atoms with Crippen molar-refractivity contribution in [2.75, 3.05) is 19.7 Å². The number of nitrogens with zero attached hydrogens (tertiary/aromatic N) is 1. The number of carbonyl (C=O) groups is 1. The van der Waals surface area contributed by atoms with Crippen molar-refractivity contribution >= 4 is 6.09 Å². The van der Waals surface area contributed by atoms with Crippen LogP contribution in [0, 0.1) is 11.8 Å². The van der Waals surface area contributed by atoms with E-state index < -0.39 is 5.60 Å². The summed E-state index contributed by atoms with van der Waals surface area (Å²) in [5, 5.41) is 0. The number of carbonyl (C=O) groups excluding carboxylic acids is 1. The number of hydrogen-bond acceptors (Lipinski definition) is 3. The fourth-order valence-electron chi connectivity index (χ4n) is 3.89. The van der Waals surface area contributed by atoms with Gasteiger partial charge < -0.3 is 14.4 Å². The van der Waals surface area contributed by atoms with E-state index in [0.717, 1.165) is 13.0 Å². The third kappa shape index (κ3) is 3.95. The van der Waals surface area contributed by atoms with Gasteiger partial charge in [0.1, 0.15) is 11.2 Å². The second-order valence-electron chi connectivity index (χ2n) is 8.12. The molecule has 128 valence electrons. The Morgan fingerprint density at radius 1 is 1.23 bits per heavy atom. The Hall–Kier alpha value is -0.770. The largest absolute Gasteiger partial charge is 0.444 e. The first kappa shape index (κ1) is 17.6. The van der Waals surface area contributed by atoms with Gasteiger partial charge in [-0.3, -0.25) is 0 Å². The summed E-state index contributed by atoms with van der Waals surface area (Å²) in [7, 11) is 0. The Kier molecular flexibility index (Phi) is 5.41. The van der Waals surface area contributed by atoms with Crippen LogP contribution in [-0.2, 0) is 9.47 Å². The summed E-state index contributed by atoms with van der Waals surface area (Å²) in [5.74, 6) is 1.26. The van der Waals surface area contributed by atoms with E-state index >= 15 is 0 Å². The molecule has 22 heavy (non-hydrogen) atoms. The van der Waals surface area contributed by atoms with Crippen LogP contribution in [0.25, 0.3) is 0 Å². The van der Waals surface area contributed by atoms with E-state index in [4.69, 9.17) is 9.47 Å². The van der Waals surface area contributed by atoms with Crippen molar-refractivity contribution in [1.82, 2.24) is 4.90 Å². The minimum absolute atomic E-state index is 0.132. The zero-order valence-electron chi connectivity index (χ0n) is 15.0. The van der Waals surface area contributed by atoms with Crippen LogP contribution in [0.4, 0.5) is 4.79 Å². The van der Waals surface area contributed by atoms with E-state index in [2.05, 4.69) is 13.8 Å². The van der Waals surface area contributed by atoms with Gasteiger partial charge >= 0.3 is 6.09 Å². The van der Waals surface area contributed by atoms with Gasteiger partial charge in [-0.15, -0.1) is 0 Å². The molecule has 0 aromatic carbocycles. The second kappa shape index (κ2) is 6.77. The Morgan fingerprint density at radius 3 is 2.41 bits per heavy atom. The summed E-state index contributed by atoms with van der Waals surface area (Å²) in [6.07, 6.45) is 5.96. The van der Waals surface area contributed by atoms with E-state index in [0.29, 0.717) is 24.9 Å². The number of hydrogen-bond donors (Lipinski definition) is 0. The molecular weight excluding hydrogens is 278 g/mol. The zero-order chi connectivity index (χ0) is 16.4. The molecule has 1 saturated carbocycles. The molecule has 2 rings (SSSR count). The maximum atomic E-state index is 12.2. The molecular formula is C18H33NO3. The lowest BCUT2D eigenvalue weighted by Gasteiger charge is -2.55. The number of ether oxygens (including phenoxy) is 2. The summed E-state index contributed by atoms with van der Waals surface area (Å²) in [5.41, 5.74) is -0.565. The van der Waals surface area contributed by atoms with Crippen molar-refractivity contribution < 1.29 is 14.3 Å². The minimum Gasteiger partial charge on any atom is -0.444 e. The maximum Gasteiger partial charge on any atom is 0.410 e. The van der Waals surface area contributed by atoms with Crippen LogP contribution in [0.1, 0.15) is 66.7 Å². The van der Waals surface area contributed by atoms with E-state index in [-0.39, 0.29) is 11.7 Å². The standard InChI is InChI=1S/C18H33NO3/c1-6-11-21-18(15-10-8-7-9-14(15)2)12-19(13-18)16(20)22-17(3,4)5/h14-15H,6-13H2,1-5H3. The molecule has 0 aromatic heterocycles. The smallest absolute Gasteiger partial charge is 0.410 e. The molecule has 2 fully saturated rings. The van der Waals surface area contributed by atoms with Gasteiger partial charge in [0.05, 0.1) is 13.1 Å². The first-order valence-electron chi connectivity index (χ1n) is 8.89. The highest BCUT2D eigenvalue weighted by Crippen LogP contribution is 2.44. The molecule has 0 spiro atoms. The summed E-state index contributed by atoms with van der Waals surface area (Å²) in [4.78, 5) is 14.0. The minimum atomic E-state index is -0.433. The fraction of sp³-hybridized carbons (Fsp3) is 0.944. The number of amides is 1. The highest BCUT2D eigenvalue weighted by atomic mass is 16.6. The molecule has 2 atom stereocenters. The van der Waals surface area contributed by atoms with Gasteiger partial charge in [0.2, 0.25) is 0 Å². The fourth-order valence-corrected chi connectivity index (χ4v) is 3.89. The monoisotopic (exact) mass is 311 g/mol. The van der Waals surface area contributed by atoms with Gasteiger partial charge in [-0.1, -0.05) is 33.1 Å². The Bertz CT molecular complexity index is 382. The second-order valence-corrected chi connectivity index (χ2v) is 8.12. The lowest BCUT2D eigenvalue weighted by atomic mass is 9.67. The number of rotatable bonds is 4. The van der Waals surface area contributed by atoms with Crippen LogP contribution < -0.4 is 0 Å². The molecule has 0 radical (unpaired) electrons. The molecule has 1 aliphatic carbocycles. The van der Waals surface area contributed by atoms with Gasteiger partial charge in [0.15, 0.2) is 0 Å². The molecule has 1 amide bonds. The van der Waals surface area contributed by atoms with E-state index in [9.17, 15) is 4.79 Å². The lowest BCUT2D eigenvalue weighted by Crippen LogP contribution is -2.69. The maximum absolute atomic E-state index is 12.2. The van der Waals surface area contributed by atoms with Crippen LogP contribution in [0.5, 0.6) is 0 Å². The van der Waals surface area contributed by atoms with Crippen molar-refractivity contribution in [2.45, 2.75) is 77.9 Å². The molecule has 0 aromatic rings. The van der Waals surface area contributed by atoms with Crippen molar-refractivity contribution in [1.29, 1.82) is 0 Å². The molecule has 2 unspecified atom stereocenters. The number of likely N-dealkylation sites (tertiary alicyclic amines) is 1. The summed E-state index contributed by atoms with van der Waals surface area (Å²) < 4.78 is 11.8. The third-order valence-corrected chi connectivity index (χ3v) is 4.95.